The molecule has 1 fully saturated rings. The molecule has 4 nitrogen and oxygen atoms in total. The van der Waals surface area contributed by atoms with Crippen LogP contribution in [0, 0.1) is 0 Å². The van der Waals surface area contributed by atoms with Gasteiger partial charge in [-0.3, -0.25) is 9.80 Å². The van der Waals surface area contributed by atoms with Gasteiger partial charge in [-0.1, -0.05) is 23.7 Å². The molecule has 2 aliphatic rings. The summed E-state index contributed by atoms with van der Waals surface area (Å²) < 4.78 is 0. The first kappa shape index (κ1) is 17.2. The Morgan fingerprint density at radius 1 is 1.30 bits per heavy atom. The summed E-state index contributed by atoms with van der Waals surface area (Å²) in [6, 6.07) is 6.58. The number of aliphatic hydroxyl groups is 1. The fourth-order valence-corrected chi connectivity index (χ4v) is 4.17. The highest BCUT2D eigenvalue weighted by Crippen LogP contribution is 2.38. The number of likely N-dealkylation sites (N-methyl/N-ethyl adjacent to an activating group) is 2. The number of fused-ring (bicyclic) bond motifs is 1. The van der Waals surface area contributed by atoms with E-state index in [4.69, 9.17) is 11.6 Å². The molecule has 3 rings (SSSR count). The van der Waals surface area contributed by atoms with Gasteiger partial charge in [-0.15, -0.1) is 0 Å². The molecule has 1 aliphatic heterocycles. The second-order valence-corrected chi connectivity index (χ2v) is 7.47. The second-order valence-electron chi connectivity index (χ2n) is 7.06. The molecule has 0 bridgehead atoms. The van der Waals surface area contributed by atoms with E-state index in [1.54, 1.807) is 0 Å². The van der Waals surface area contributed by atoms with Gasteiger partial charge in [0.15, 0.2) is 0 Å². The molecule has 23 heavy (non-hydrogen) atoms. The summed E-state index contributed by atoms with van der Waals surface area (Å²) in [7, 11) is 4.28. The normalized spacial score (nSPS) is 24.1. The smallest absolute Gasteiger partial charge is 0.0793 e. The van der Waals surface area contributed by atoms with Crippen molar-refractivity contribution in [3.63, 3.8) is 0 Å². The molecule has 1 N–H and O–H groups in total. The largest absolute Gasteiger partial charge is 0.390 e. The maximum atomic E-state index is 10.5. The Morgan fingerprint density at radius 3 is 2.78 bits per heavy atom. The average molecular weight is 338 g/mol. The van der Waals surface area contributed by atoms with E-state index in [1.165, 1.54) is 11.1 Å². The lowest BCUT2D eigenvalue weighted by atomic mass is 10.1. The summed E-state index contributed by atoms with van der Waals surface area (Å²) in [4.78, 5) is 7.01. The molecule has 1 aromatic carbocycles. The molecule has 0 aromatic heterocycles. The van der Waals surface area contributed by atoms with E-state index in [9.17, 15) is 5.11 Å². The van der Waals surface area contributed by atoms with Crippen molar-refractivity contribution in [2.45, 2.75) is 25.0 Å². The lowest BCUT2D eigenvalue weighted by molar-refractivity contribution is 0.0513. The highest BCUT2D eigenvalue weighted by Gasteiger charge is 2.28. The molecule has 2 atom stereocenters. The number of nitrogens with zero attached hydrogens (tertiary/aromatic N) is 3. The van der Waals surface area contributed by atoms with Crippen molar-refractivity contribution in [1.82, 2.24) is 14.7 Å². The fourth-order valence-electron chi connectivity index (χ4n) is 3.89. The van der Waals surface area contributed by atoms with E-state index in [1.807, 2.05) is 12.1 Å². The van der Waals surface area contributed by atoms with Crippen LogP contribution in [0.5, 0.6) is 0 Å². The highest BCUT2D eigenvalue weighted by atomic mass is 35.5. The van der Waals surface area contributed by atoms with Crippen molar-refractivity contribution in [2.75, 3.05) is 53.4 Å². The van der Waals surface area contributed by atoms with Gasteiger partial charge in [0.2, 0.25) is 0 Å². The SMILES string of the molecule is CN1CCN(CC(O)CN(C)C2CCc3c(Cl)cccc32)CC1. The minimum absolute atomic E-state index is 0.299. The average Bonchev–Trinajstić information content (AvgIpc) is 2.95. The Balaban J connectivity index is 1.54. The standard InChI is InChI=1S/C18H28ClN3O/c1-20-8-10-22(11-9-20)13-14(23)12-21(2)18-7-6-15-16(18)4-3-5-17(15)19/h3-5,14,18,23H,6-13H2,1-2H3. The Labute approximate surface area is 144 Å². The summed E-state index contributed by atoms with van der Waals surface area (Å²) >= 11 is 6.31. The van der Waals surface area contributed by atoms with Crippen molar-refractivity contribution < 1.29 is 5.11 Å². The zero-order valence-electron chi connectivity index (χ0n) is 14.2. The predicted octanol–water partition coefficient (Wildman–Crippen LogP) is 1.87. The van der Waals surface area contributed by atoms with Crippen LogP contribution in [-0.4, -0.2) is 79.3 Å². The number of β-amino-alcohol motifs (C(OH)–C–C–N with tert-alkyl or cyclic N) is 1. The third-order valence-corrected chi connectivity index (χ3v) is 5.63. The van der Waals surface area contributed by atoms with Crippen LogP contribution in [0.4, 0.5) is 0 Å². The number of hydrogen-bond donors (Lipinski definition) is 1. The third-order valence-electron chi connectivity index (χ3n) is 5.28. The molecule has 0 spiro atoms. The highest BCUT2D eigenvalue weighted by molar-refractivity contribution is 6.31. The van der Waals surface area contributed by atoms with Crippen LogP contribution in [-0.2, 0) is 6.42 Å². The van der Waals surface area contributed by atoms with Crippen molar-refractivity contribution >= 4 is 11.6 Å². The van der Waals surface area contributed by atoms with E-state index in [2.05, 4.69) is 34.9 Å². The molecule has 1 heterocycles. The lowest BCUT2D eigenvalue weighted by Crippen LogP contribution is -2.48. The summed E-state index contributed by atoms with van der Waals surface area (Å²) in [6.07, 6.45) is 1.83. The zero-order chi connectivity index (χ0) is 16.4. The number of piperazine rings is 1. The fraction of sp³-hybridized carbons (Fsp3) is 0.667. The van der Waals surface area contributed by atoms with Gasteiger partial charge in [-0.25, -0.2) is 0 Å². The Hall–Kier alpha value is -0.650. The summed E-state index contributed by atoms with van der Waals surface area (Å²) in [5.74, 6) is 0. The topological polar surface area (TPSA) is 30.0 Å². The predicted molar refractivity (Wildman–Crippen MR) is 95.1 cm³/mol. The van der Waals surface area contributed by atoms with Gasteiger partial charge in [0.1, 0.15) is 0 Å². The van der Waals surface area contributed by atoms with Crippen molar-refractivity contribution in [3.05, 3.63) is 34.3 Å². The molecule has 2 unspecified atom stereocenters. The molecule has 5 heteroatoms. The van der Waals surface area contributed by atoms with Crippen LogP contribution in [0.2, 0.25) is 5.02 Å². The minimum Gasteiger partial charge on any atom is -0.390 e. The molecule has 128 valence electrons. The molecule has 0 amide bonds. The van der Waals surface area contributed by atoms with Crippen LogP contribution >= 0.6 is 11.6 Å². The molecule has 1 aliphatic carbocycles. The van der Waals surface area contributed by atoms with E-state index < -0.39 is 0 Å². The minimum atomic E-state index is -0.299. The van der Waals surface area contributed by atoms with Crippen LogP contribution in [0.25, 0.3) is 0 Å². The van der Waals surface area contributed by atoms with Gasteiger partial charge >= 0.3 is 0 Å². The van der Waals surface area contributed by atoms with Crippen molar-refractivity contribution in [1.29, 1.82) is 0 Å². The molecule has 1 aromatic rings. The Kier molecular flexibility index (Phi) is 5.60. The first-order valence-corrected chi connectivity index (χ1v) is 8.99. The van der Waals surface area contributed by atoms with E-state index in [0.717, 1.165) is 50.6 Å². The molecular formula is C18H28ClN3O. The van der Waals surface area contributed by atoms with Crippen LogP contribution < -0.4 is 0 Å². The lowest BCUT2D eigenvalue weighted by Gasteiger charge is -2.35. The van der Waals surface area contributed by atoms with E-state index >= 15 is 0 Å². The number of hydrogen-bond acceptors (Lipinski definition) is 4. The first-order chi connectivity index (χ1) is 11.0. The summed E-state index contributed by atoms with van der Waals surface area (Å²) in [5, 5.41) is 11.4. The maximum absolute atomic E-state index is 10.5. The molecular weight excluding hydrogens is 310 g/mol. The molecule has 0 saturated carbocycles. The number of benzene rings is 1. The van der Waals surface area contributed by atoms with Crippen molar-refractivity contribution in [2.24, 2.45) is 0 Å². The second kappa shape index (κ2) is 7.49. The van der Waals surface area contributed by atoms with Crippen LogP contribution in [0.1, 0.15) is 23.6 Å². The van der Waals surface area contributed by atoms with Gasteiger partial charge in [0.05, 0.1) is 6.10 Å². The number of aliphatic hydroxyl groups excluding tert-OH is 1. The third kappa shape index (κ3) is 4.06. The van der Waals surface area contributed by atoms with Gasteiger partial charge in [0.25, 0.3) is 0 Å². The monoisotopic (exact) mass is 337 g/mol. The van der Waals surface area contributed by atoms with Crippen molar-refractivity contribution in [3.8, 4) is 0 Å². The Morgan fingerprint density at radius 2 is 2.04 bits per heavy atom. The van der Waals surface area contributed by atoms with Gasteiger partial charge in [-0.2, -0.15) is 0 Å². The van der Waals surface area contributed by atoms with E-state index in [0.29, 0.717) is 12.6 Å². The van der Waals surface area contributed by atoms with Gasteiger partial charge < -0.3 is 10.0 Å². The number of rotatable bonds is 5. The first-order valence-electron chi connectivity index (χ1n) is 8.61. The van der Waals surface area contributed by atoms with Gasteiger partial charge in [-0.05, 0) is 44.1 Å². The maximum Gasteiger partial charge on any atom is 0.0793 e. The Bertz CT molecular complexity index is 531. The van der Waals surface area contributed by atoms with Crippen LogP contribution in [0.3, 0.4) is 0 Å². The summed E-state index contributed by atoms with van der Waals surface area (Å²) in [6.45, 7) is 5.78. The zero-order valence-corrected chi connectivity index (χ0v) is 15.0. The van der Waals surface area contributed by atoms with Gasteiger partial charge in [0, 0.05) is 50.3 Å². The van der Waals surface area contributed by atoms with Crippen LogP contribution in [0.15, 0.2) is 18.2 Å². The molecule has 1 saturated heterocycles. The summed E-state index contributed by atoms with van der Waals surface area (Å²) in [5.41, 5.74) is 2.63. The van der Waals surface area contributed by atoms with E-state index in [-0.39, 0.29) is 6.10 Å². The molecule has 0 radical (unpaired) electrons. The quantitative estimate of drug-likeness (QED) is 0.888. The number of halogens is 1.